The van der Waals surface area contributed by atoms with Crippen LogP contribution in [0.2, 0.25) is 0 Å². The normalized spacial score (nSPS) is 18.8. The molecule has 0 rings (SSSR count). The van der Waals surface area contributed by atoms with Crippen LogP contribution in [0.3, 0.4) is 0 Å². The summed E-state index contributed by atoms with van der Waals surface area (Å²) < 4.78 is 56.7. The molecule has 0 aromatic heterocycles. The topological polar surface area (TPSA) is 60.2 Å². The van der Waals surface area contributed by atoms with Crippen molar-refractivity contribution < 1.29 is 21.6 Å². The van der Waals surface area contributed by atoms with Crippen LogP contribution in [-0.2, 0) is 10.0 Å². The first-order valence-corrected chi connectivity index (χ1v) is 4.76. The van der Waals surface area contributed by atoms with Crippen molar-refractivity contribution >= 4 is 10.0 Å². The van der Waals surface area contributed by atoms with Crippen LogP contribution in [0.1, 0.15) is 13.8 Å². The van der Waals surface area contributed by atoms with Gasteiger partial charge in [0.1, 0.15) is 0 Å². The first-order chi connectivity index (χ1) is 5.07. The van der Waals surface area contributed by atoms with E-state index in [0.717, 1.165) is 13.8 Å². The van der Waals surface area contributed by atoms with Crippen LogP contribution >= 0.6 is 0 Å². The summed E-state index contributed by atoms with van der Waals surface area (Å²) in [6.07, 6.45) is -4.52. The standard InChI is InChI=1S/C5H10F3NO2S/c1-3(5(6,7)8)4(2)12(9,10)11/h3-4H,1-2H3,(H2,9,10,11)/t3-,4?/m0/s1. The van der Waals surface area contributed by atoms with E-state index >= 15 is 0 Å². The summed E-state index contributed by atoms with van der Waals surface area (Å²) in [5.41, 5.74) is 0. The lowest BCUT2D eigenvalue weighted by Gasteiger charge is -2.20. The smallest absolute Gasteiger partial charge is 0.228 e. The number of nitrogens with two attached hydrogens (primary N) is 1. The Morgan fingerprint density at radius 1 is 1.25 bits per heavy atom. The predicted molar refractivity (Wildman–Crippen MR) is 37.8 cm³/mol. The molecule has 0 fully saturated rings. The number of hydrogen-bond acceptors (Lipinski definition) is 2. The zero-order valence-corrected chi connectivity index (χ0v) is 7.41. The van der Waals surface area contributed by atoms with Gasteiger partial charge in [-0.15, -0.1) is 0 Å². The van der Waals surface area contributed by atoms with Gasteiger partial charge >= 0.3 is 6.18 Å². The fraction of sp³-hybridized carbons (Fsp3) is 1.00. The van der Waals surface area contributed by atoms with E-state index in [2.05, 4.69) is 5.14 Å². The van der Waals surface area contributed by atoms with Crippen LogP contribution in [0.15, 0.2) is 0 Å². The summed E-state index contributed by atoms with van der Waals surface area (Å²) in [4.78, 5) is 0. The third-order valence-electron chi connectivity index (χ3n) is 1.74. The van der Waals surface area contributed by atoms with Crippen LogP contribution < -0.4 is 5.14 Å². The Hall–Kier alpha value is -0.300. The Morgan fingerprint density at radius 2 is 1.58 bits per heavy atom. The summed E-state index contributed by atoms with van der Waals surface area (Å²) in [6, 6.07) is 0. The first kappa shape index (κ1) is 11.7. The molecule has 0 radical (unpaired) electrons. The van der Waals surface area contributed by atoms with E-state index in [1.54, 1.807) is 0 Å². The van der Waals surface area contributed by atoms with Crippen molar-refractivity contribution in [2.45, 2.75) is 25.3 Å². The number of halogens is 3. The van der Waals surface area contributed by atoms with E-state index in [1.165, 1.54) is 0 Å². The largest absolute Gasteiger partial charge is 0.392 e. The molecule has 0 aliphatic carbocycles. The van der Waals surface area contributed by atoms with Crippen LogP contribution in [0.4, 0.5) is 13.2 Å². The highest BCUT2D eigenvalue weighted by Gasteiger charge is 2.43. The van der Waals surface area contributed by atoms with Gasteiger partial charge in [-0.2, -0.15) is 13.2 Å². The number of rotatable bonds is 2. The zero-order valence-electron chi connectivity index (χ0n) is 6.59. The molecule has 0 heterocycles. The molecule has 2 N–H and O–H groups in total. The molecule has 0 aliphatic heterocycles. The van der Waals surface area contributed by atoms with Gasteiger partial charge in [-0.25, -0.2) is 13.6 Å². The second-order valence-electron chi connectivity index (χ2n) is 2.62. The number of sulfonamides is 1. The Kier molecular flexibility index (Phi) is 3.13. The minimum Gasteiger partial charge on any atom is -0.228 e. The number of alkyl halides is 3. The molecule has 0 amide bonds. The molecule has 0 saturated carbocycles. The fourth-order valence-electron chi connectivity index (χ4n) is 0.551. The van der Waals surface area contributed by atoms with Crippen molar-refractivity contribution in [3.63, 3.8) is 0 Å². The molecule has 74 valence electrons. The van der Waals surface area contributed by atoms with E-state index in [0.29, 0.717) is 0 Å². The molecule has 12 heavy (non-hydrogen) atoms. The van der Waals surface area contributed by atoms with Gasteiger partial charge in [0.15, 0.2) is 0 Å². The minimum atomic E-state index is -4.52. The summed E-state index contributed by atoms with van der Waals surface area (Å²) in [5, 5.41) is 2.95. The maximum absolute atomic E-state index is 11.9. The maximum atomic E-state index is 11.9. The lowest BCUT2D eigenvalue weighted by molar-refractivity contribution is -0.168. The molecule has 2 atom stereocenters. The Balaban J connectivity index is 4.64. The monoisotopic (exact) mass is 205 g/mol. The Bertz CT molecular complexity index is 246. The Labute approximate surface area is 68.8 Å². The van der Waals surface area contributed by atoms with Gasteiger partial charge in [0, 0.05) is 0 Å². The summed E-state index contributed by atoms with van der Waals surface area (Å²) in [6.45, 7) is 1.72. The molecular formula is C5H10F3NO2S. The molecule has 0 spiro atoms. The molecule has 0 aromatic rings. The summed E-state index contributed by atoms with van der Waals surface area (Å²) in [7, 11) is -4.11. The summed E-state index contributed by atoms with van der Waals surface area (Å²) in [5.74, 6) is -1.94. The maximum Gasteiger partial charge on any atom is 0.392 e. The third-order valence-corrected chi connectivity index (χ3v) is 3.18. The minimum absolute atomic E-state index is 0.787. The van der Waals surface area contributed by atoms with Gasteiger partial charge < -0.3 is 0 Å². The van der Waals surface area contributed by atoms with E-state index in [4.69, 9.17) is 0 Å². The average molecular weight is 205 g/mol. The second-order valence-corrected chi connectivity index (χ2v) is 4.55. The van der Waals surface area contributed by atoms with Gasteiger partial charge in [0.05, 0.1) is 11.2 Å². The molecule has 7 heteroatoms. The van der Waals surface area contributed by atoms with Gasteiger partial charge in [0.25, 0.3) is 0 Å². The number of primary sulfonamides is 1. The molecule has 1 unspecified atom stereocenters. The van der Waals surface area contributed by atoms with Gasteiger partial charge in [-0.05, 0) is 6.92 Å². The summed E-state index contributed by atoms with van der Waals surface area (Å²) >= 11 is 0. The van der Waals surface area contributed by atoms with E-state index < -0.39 is 27.4 Å². The quantitative estimate of drug-likeness (QED) is 0.726. The molecule has 0 aromatic carbocycles. The lowest BCUT2D eigenvalue weighted by atomic mass is 10.1. The van der Waals surface area contributed by atoms with E-state index in [-0.39, 0.29) is 0 Å². The van der Waals surface area contributed by atoms with Crippen molar-refractivity contribution in [2.24, 2.45) is 11.1 Å². The number of hydrogen-bond donors (Lipinski definition) is 1. The molecular weight excluding hydrogens is 195 g/mol. The van der Waals surface area contributed by atoms with Crippen molar-refractivity contribution in [2.75, 3.05) is 0 Å². The van der Waals surface area contributed by atoms with Crippen molar-refractivity contribution in [1.29, 1.82) is 0 Å². The molecule has 3 nitrogen and oxygen atoms in total. The van der Waals surface area contributed by atoms with E-state index in [1.807, 2.05) is 0 Å². The van der Waals surface area contributed by atoms with Crippen LogP contribution in [0.25, 0.3) is 0 Å². The second kappa shape index (κ2) is 3.21. The third kappa shape index (κ3) is 2.98. The Morgan fingerprint density at radius 3 is 1.67 bits per heavy atom. The predicted octanol–water partition coefficient (Wildman–Crippen LogP) is 0.862. The van der Waals surface area contributed by atoms with Gasteiger partial charge in [0.2, 0.25) is 10.0 Å². The zero-order chi connectivity index (χ0) is 10.2. The van der Waals surface area contributed by atoms with Crippen LogP contribution in [0, 0.1) is 5.92 Å². The molecule has 0 aliphatic rings. The van der Waals surface area contributed by atoms with E-state index in [9.17, 15) is 21.6 Å². The first-order valence-electron chi connectivity index (χ1n) is 3.15. The van der Waals surface area contributed by atoms with Crippen LogP contribution in [0.5, 0.6) is 0 Å². The highest BCUT2D eigenvalue weighted by Crippen LogP contribution is 2.30. The lowest BCUT2D eigenvalue weighted by Crippen LogP contribution is -2.38. The van der Waals surface area contributed by atoms with Crippen molar-refractivity contribution in [3.05, 3.63) is 0 Å². The highest BCUT2D eigenvalue weighted by atomic mass is 32.2. The van der Waals surface area contributed by atoms with Gasteiger partial charge in [-0.1, -0.05) is 6.92 Å². The SMILES string of the molecule is CC([C@H](C)C(F)(F)F)S(N)(=O)=O. The van der Waals surface area contributed by atoms with Crippen LogP contribution in [-0.4, -0.2) is 19.8 Å². The fourth-order valence-corrected chi connectivity index (χ4v) is 1.27. The van der Waals surface area contributed by atoms with Gasteiger partial charge in [-0.3, -0.25) is 0 Å². The molecule has 0 saturated heterocycles. The van der Waals surface area contributed by atoms with Crippen molar-refractivity contribution in [3.8, 4) is 0 Å². The van der Waals surface area contributed by atoms with Crippen molar-refractivity contribution in [1.82, 2.24) is 0 Å². The molecule has 0 bridgehead atoms. The highest BCUT2D eigenvalue weighted by molar-refractivity contribution is 7.89. The average Bonchev–Trinajstić information content (AvgIpc) is 1.80.